The van der Waals surface area contributed by atoms with E-state index in [0.29, 0.717) is 5.56 Å². The van der Waals surface area contributed by atoms with Crippen LogP contribution in [-0.2, 0) is 6.54 Å². The SMILES string of the molecule is O=c1[nH]ncc(N=NCc2ccc(O)c([N+](=O)[O-])c2)c1Cl. The van der Waals surface area contributed by atoms with Crippen molar-refractivity contribution >= 4 is 23.0 Å². The fraction of sp³-hybridized carbons (Fsp3) is 0.0909. The lowest BCUT2D eigenvalue weighted by atomic mass is 10.2. The lowest BCUT2D eigenvalue weighted by molar-refractivity contribution is -0.385. The third-order valence-electron chi connectivity index (χ3n) is 2.45. The van der Waals surface area contributed by atoms with Crippen LogP contribution in [0.4, 0.5) is 11.4 Å². The smallest absolute Gasteiger partial charge is 0.311 e. The van der Waals surface area contributed by atoms with Gasteiger partial charge in [0.2, 0.25) is 0 Å². The van der Waals surface area contributed by atoms with Gasteiger partial charge in [0, 0.05) is 6.07 Å². The van der Waals surface area contributed by atoms with Crippen LogP contribution in [0.25, 0.3) is 0 Å². The Bertz CT molecular complexity index is 773. The lowest BCUT2D eigenvalue weighted by Crippen LogP contribution is -2.06. The first-order chi connectivity index (χ1) is 9.99. The van der Waals surface area contributed by atoms with Gasteiger partial charge in [0.1, 0.15) is 10.7 Å². The van der Waals surface area contributed by atoms with Gasteiger partial charge in [-0.05, 0) is 11.6 Å². The quantitative estimate of drug-likeness (QED) is 0.507. The van der Waals surface area contributed by atoms with E-state index in [1.54, 1.807) is 0 Å². The molecule has 2 aromatic rings. The van der Waals surface area contributed by atoms with E-state index in [4.69, 9.17) is 11.6 Å². The van der Waals surface area contributed by atoms with Crippen LogP contribution in [0.3, 0.4) is 0 Å². The van der Waals surface area contributed by atoms with Crippen molar-refractivity contribution in [2.24, 2.45) is 10.2 Å². The highest BCUT2D eigenvalue weighted by Gasteiger charge is 2.13. The highest BCUT2D eigenvalue weighted by atomic mass is 35.5. The third-order valence-corrected chi connectivity index (χ3v) is 2.81. The number of nitro groups is 1. The predicted octanol–water partition coefficient (Wildman–Crippen LogP) is 2.32. The molecule has 0 aliphatic rings. The van der Waals surface area contributed by atoms with Gasteiger partial charge in [0.15, 0.2) is 5.75 Å². The number of H-pyrrole nitrogens is 1. The van der Waals surface area contributed by atoms with Crippen molar-refractivity contribution in [1.82, 2.24) is 10.2 Å². The molecule has 0 bridgehead atoms. The molecule has 108 valence electrons. The van der Waals surface area contributed by atoms with Gasteiger partial charge < -0.3 is 5.11 Å². The number of benzene rings is 1. The first-order valence-corrected chi connectivity index (χ1v) is 5.94. The van der Waals surface area contributed by atoms with Gasteiger partial charge in [0.25, 0.3) is 5.56 Å². The van der Waals surface area contributed by atoms with Crippen LogP contribution in [0.1, 0.15) is 5.56 Å². The number of phenols is 1. The topological polar surface area (TPSA) is 134 Å². The van der Waals surface area contributed by atoms with Crippen molar-refractivity contribution in [2.45, 2.75) is 6.54 Å². The van der Waals surface area contributed by atoms with Crippen LogP contribution >= 0.6 is 11.6 Å². The summed E-state index contributed by atoms with van der Waals surface area (Å²) in [6.07, 6.45) is 1.23. The molecule has 0 aliphatic heterocycles. The van der Waals surface area contributed by atoms with Crippen LogP contribution in [0.2, 0.25) is 5.02 Å². The largest absolute Gasteiger partial charge is 0.502 e. The molecule has 1 aromatic carbocycles. The zero-order valence-electron chi connectivity index (χ0n) is 10.4. The molecule has 9 nitrogen and oxygen atoms in total. The molecule has 0 amide bonds. The normalized spacial score (nSPS) is 10.9. The number of halogens is 1. The maximum Gasteiger partial charge on any atom is 0.311 e. The Kier molecular flexibility index (Phi) is 4.24. The van der Waals surface area contributed by atoms with Crippen LogP contribution < -0.4 is 5.56 Å². The summed E-state index contributed by atoms with van der Waals surface area (Å²) in [5.74, 6) is -0.428. The van der Waals surface area contributed by atoms with Crippen LogP contribution in [0.15, 0.2) is 39.4 Å². The summed E-state index contributed by atoms with van der Waals surface area (Å²) < 4.78 is 0. The summed E-state index contributed by atoms with van der Waals surface area (Å²) >= 11 is 5.70. The number of hydrogen-bond acceptors (Lipinski definition) is 7. The molecule has 0 unspecified atom stereocenters. The molecule has 21 heavy (non-hydrogen) atoms. The average Bonchev–Trinajstić information content (AvgIpc) is 2.45. The Balaban J connectivity index is 2.18. The zero-order valence-corrected chi connectivity index (χ0v) is 11.1. The molecule has 1 aromatic heterocycles. The molecule has 1 heterocycles. The van der Waals surface area contributed by atoms with E-state index in [2.05, 4.69) is 20.4 Å². The number of azo groups is 1. The van der Waals surface area contributed by atoms with Crippen molar-refractivity contribution in [1.29, 1.82) is 0 Å². The molecule has 0 saturated heterocycles. The Hall–Kier alpha value is -2.81. The number of aromatic hydroxyl groups is 1. The second-order valence-corrected chi connectivity index (χ2v) is 4.26. The van der Waals surface area contributed by atoms with Crippen molar-refractivity contribution < 1.29 is 10.0 Å². The molecule has 0 aliphatic carbocycles. The maximum atomic E-state index is 11.2. The fourth-order valence-electron chi connectivity index (χ4n) is 1.45. The number of aromatic nitrogens is 2. The summed E-state index contributed by atoms with van der Waals surface area (Å²) in [7, 11) is 0. The summed E-state index contributed by atoms with van der Waals surface area (Å²) in [6, 6.07) is 3.86. The first kappa shape index (κ1) is 14.6. The van der Waals surface area contributed by atoms with E-state index in [0.717, 1.165) is 0 Å². The van der Waals surface area contributed by atoms with Crippen LogP contribution in [0.5, 0.6) is 5.75 Å². The van der Waals surface area contributed by atoms with Gasteiger partial charge in [-0.15, -0.1) is 0 Å². The summed E-state index contributed by atoms with van der Waals surface area (Å²) in [5.41, 5.74) is -0.446. The number of nitrogens with one attached hydrogen (secondary N) is 1. The fourth-order valence-corrected chi connectivity index (χ4v) is 1.58. The Morgan fingerprint density at radius 3 is 2.95 bits per heavy atom. The summed E-state index contributed by atoms with van der Waals surface area (Å²) in [4.78, 5) is 21.2. The van der Waals surface area contributed by atoms with Crippen molar-refractivity contribution in [3.63, 3.8) is 0 Å². The molecular formula is C11H8ClN5O4. The molecule has 2 rings (SSSR count). The monoisotopic (exact) mass is 309 g/mol. The number of rotatable bonds is 4. The molecule has 0 atom stereocenters. The molecular weight excluding hydrogens is 302 g/mol. The van der Waals surface area contributed by atoms with Gasteiger partial charge in [-0.25, -0.2) is 5.10 Å². The average molecular weight is 310 g/mol. The minimum atomic E-state index is -0.701. The van der Waals surface area contributed by atoms with E-state index in [-0.39, 0.29) is 17.3 Å². The summed E-state index contributed by atoms with van der Waals surface area (Å²) in [6.45, 7) is 0.0181. The van der Waals surface area contributed by atoms with E-state index in [1.165, 1.54) is 24.4 Å². The number of hydrogen-bond donors (Lipinski definition) is 2. The van der Waals surface area contributed by atoms with E-state index >= 15 is 0 Å². The number of nitro benzene ring substituents is 1. The second kappa shape index (κ2) is 6.09. The van der Waals surface area contributed by atoms with Gasteiger partial charge in [-0.1, -0.05) is 17.7 Å². The van der Waals surface area contributed by atoms with Gasteiger partial charge in [0.05, 0.1) is 17.7 Å². The Labute approximate surface area is 122 Å². The highest BCUT2D eigenvalue weighted by Crippen LogP contribution is 2.27. The zero-order chi connectivity index (χ0) is 15.4. The van der Waals surface area contributed by atoms with E-state index < -0.39 is 21.9 Å². The standard InChI is InChI=1S/C11H8ClN5O4/c12-10-7(5-14-16-11(10)19)15-13-4-6-1-2-9(18)8(3-6)17(20)21/h1-3,5,18H,4H2,(H,16,19). The Morgan fingerprint density at radius 1 is 1.48 bits per heavy atom. The Morgan fingerprint density at radius 2 is 2.24 bits per heavy atom. The third kappa shape index (κ3) is 3.39. The minimum absolute atomic E-state index is 0.0181. The lowest BCUT2D eigenvalue weighted by Gasteiger charge is -1.99. The van der Waals surface area contributed by atoms with Gasteiger partial charge in [-0.3, -0.25) is 14.9 Å². The van der Waals surface area contributed by atoms with Gasteiger partial charge in [-0.2, -0.15) is 15.3 Å². The molecule has 0 fully saturated rings. The van der Waals surface area contributed by atoms with E-state index in [1.807, 2.05) is 0 Å². The maximum absolute atomic E-state index is 11.2. The molecule has 0 spiro atoms. The van der Waals surface area contributed by atoms with E-state index in [9.17, 15) is 20.0 Å². The predicted molar refractivity (Wildman–Crippen MR) is 72.8 cm³/mol. The van der Waals surface area contributed by atoms with Crippen LogP contribution in [0, 0.1) is 10.1 Å². The highest BCUT2D eigenvalue weighted by molar-refractivity contribution is 6.32. The second-order valence-electron chi connectivity index (χ2n) is 3.88. The van der Waals surface area contributed by atoms with Crippen molar-refractivity contribution in [3.8, 4) is 5.75 Å². The molecule has 10 heteroatoms. The minimum Gasteiger partial charge on any atom is -0.502 e. The van der Waals surface area contributed by atoms with Crippen molar-refractivity contribution in [3.05, 3.63) is 55.5 Å². The van der Waals surface area contributed by atoms with Crippen LogP contribution in [-0.4, -0.2) is 20.2 Å². The number of phenolic OH excluding ortho intramolecular Hbond substituents is 1. The molecule has 2 N–H and O–H groups in total. The number of nitrogens with zero attached hydrogens (tertiary/aromatic N) is 4. The number of aromatic amines is 1. The molecule has 0 radical (unpaired) electrons. The summed E-state index contributed by atoms with van der Waals surface area (Å²) in [5, 5.41) is 33.0. The molecule has 0 saturated carbocycles. The first-order valence-electron chi connectivity index (χ1n) is 5.56. The van der Waals surface area contributed by atoms with Gasteiger partial charge >= 0.3 is 5.69 Å². The van der Waals surface area contributed by atoms with Crippen molar-refractivity contribution in [2.75, 3.05) is 0 Å².